The molecule has 2 aromatic rings. The van der Waals surface area contributed by atoms with Crippen LogP contribution in [0.25, 0.3) is 0 Å². The fourth-order valence-electron chi connectivity index (χ4n) is 2.73. The van der Waals surface area contributed by atoms with Crippen molar-refractivity contribution in [1.29, 1.82) is 0 Å². The highest BCUT2D eigenvalue weighted by molar-refractivity contribution is 6.09. The van der Waals surface area contributed by atoms with Crippen LogP contribution in [0.1, 0.15) is 53.2 Å². The summed E-state index contributed by atoms with van der Waals surface area (Å²) in [4.78, 5) is 26.3. The molecule has 0 aliphatic carbocycles. The molecule has 0 saturated heterocycles. The number of carbonyl (C=O) groups is 2. The molecular formula is C16H16N2O3. The Bertz CT molecular complexity index is 691. The second-order valence-electron chi connectivity index (χ2n) is 5.13. The predicted octanol–water partition coefficient (Wildman–Crippen LogP) is 2.85. The maximum Gasteiger partial charge on any atom is 0.266 e. The Labute approximate surface area is 122 Å². The second-order valence-corrected chi connectivity index (χ2v) is 5.13. The average Bonchev–Trinajstić information content (AvgIpc) is 2.99. The molecule has 0 fully saturated rings. The van der Waals surface area contributed by atoms with Gasteiger partial charge in [0.15, 0.2) is 0 Å². The van der Waals surface area contributed by atoms with Crippen LogP contribution in [-0.2, 0) is 4.79 Å². The van der Waals surface area contributed by atoms with Crippen molar-refractivity contribution in [2.24, 2.45) is 0 Å². The van der Waals surface area contributed by atoms with Crippen molar-refractivity contribution in [1.82, 2.24) is 10.1 Å². The third-order valence-corrected chi connectivity index (χ3v) is 3.69. The number of carbonyl (C=O) groups excluding carboxylic acids is 2. The number of aryl methyl sites for hydroxylation is 1. The molecule has 2 amide bonds. The van der Waals surface area contributed by atoms with Crippen molar-refractivity contribution < 1.29 is 14.1 Å². The van der Waals surface area contributed by atoms with Crippen molar-refractivity contribution in [2.45, 2.75) is 32.7 Å². The highest BCUT2D eigenvalue weighted by Crippen LogP contribution is 2.39. The highest BCUT2D eigenvalue weighted by Gasteiger charge is 2.45. The van der Waals surface area contributed by atoms with E-state index in [1.165, 1.54) is 4.90 Å². The largest absolute Gasteiger partial charge is 0.360 e. The minimum atomic E-state index is -0.481. The quantitative estimate of drug-likeness (QED) is 0.869. The van der Waals surface area contributed by atoms with Crippen LogP contribution < -0.4 is 0 Å². The van der Waals surface area contributed by atoms with E-state index in [9.17, 15) is 9.59 Å². The Morgan fingerprint density at radius 3 is 2.71 bits per heavy atom. The van der Waals surface area contributed by atoms with Crippen LogP contribution in [0.5, 0.6) is 0 Å². The minimum Gasteiger partial charge on any atom is -0.360 e. The zero-order valence-corrected chi connectivity index (χ0v) is 12.0. The third-order valence-electron chi connectivity index (χ3n) is 3.69. The fraction of sp³-hybridized carbons (Fsp3) is 0.312. The smallest absolute Gasteiger partial charge is 0.266 e. The molecule has 2 heterocycles. The van der Waals surface area contributed by atoms with E-state index in [1.807, 2.05) is 37.3 Å². The number of rotatable bonds is 3. The van der Waals surface area contributed by atoms with E-state index in [2.05, 4.69) is 5.16 Å². The molecule has 1 aliphatic heterocycles. The summed E-state index contributed by atoms with van der Waals surface area (Å²) in [6.07, 6.45) is 1.04. The molecule has 0 radical (unpaired) electrons. The summed E-state index contributed by atoms with van der Waals surface area (Å²) in [7, 11) is 0. The van der Waals surface area contributed by atoms with Crippen molar-refractivity contribution in [3.05, 3.63) is 52.9 Å². The SMILES string of the molecule is CCCC(=O)N1C(=O)c2c(noc2C)[C@@H]1c1ccccc1. The van der Waals surface area contributed by atoms with Gasteiger partial charge in [-0.05, 0) is 18.9 Å². The van der Waals surface area contributed by atoms with Crippen LogP contribution in [0.3, 0.4) is 0 Å². The molecule has 0 N–H and O–H groups in total. The first-order valence-corrected chi connectivity index (χ1v) is 7.02. The van der Waals surface area contributed by atoms with Gasteiger partial charge < -0.3 is 4.52 Å². The lowest BCUT2D eigenvalue weighted by Gasteiger charge is -2.23. The van der Waals surface area contributed by atoms with Gasteiger partial charge in [0, 0.05) is 6.42 Å². The van der Waals surface area contributed by atoms with E-state index in [4.69, 9.17) is 4.52 Å². The molecular weight excluding hydrogens is 268 g/mol. The fourth-order valence-corrected chi connectivity index (χ4v) is 2.73. The molecule has 0 bridgehead atoms. The van der Waals surface area contributed by atoms with Gasteiger partial charge in [-0.2, -0.15) is 0 Å². The Morgan fingerprint density at radius 1 is 1.33 bits per heavy atom. The van der Waals surface area contributed by atoms with Gasteiger partial charge in [-0.15, -0.1) is 0 Å². The van der Waals surface area contributed by atoms with E-state index in [-0.39, 0.29) is 11.8 Å². The van der Waals surface area contributed by atoms with Gasteiger partial charge in [-0.1, -0.05) is 42.4 Å². The Balaban J connectivity index is 2.11. The lowest BCUT2D eigenvalue weighted by atomic mass is 10.0. The van der Waals surface area contributed by atoms with E-state index in [0.717, 1.165) is 5.56 Å². The van der Waals surface area contributed by atoms with Crippen LogP contribution >= 0.6 is 0 Å². The molecule has 1 aromatic carbocycles. The monoisotopic (exact) mass is 284 g/mol. The van der Waals surface area contributed by atoms with Crippen LogP contribution in [0, 0.1) is 6.92 Å². The predicted molar refractivity (Wildman–Crippen MR) is 75.6 cm³/mol. The summed E-state index contributed by atoms with van der Waals surface area (Å²) >= 11 is 0. The van der Waals surface area contributed by atoms with Crippen molar-refractivity contribution in [3.63, 3.8) is 0 Å². The first-order valence-electron chi connectivity index (χ1n) is 7.02. The first-order chi connectivity index (χ1) is 10.1. The molecule has 1 aliphatic rings. The molecule has 1 aromatic heterocycles. The summed E-state index contributed by atoms with van der Waals surface area (Å²) in [6.45, 7) is 3.61. The number of benzene rings is 1. The Hall–Kier alpha value is -2.43. The van der Waals surface area contributed by atoms with Gasteiger partial charge in [0.25, 0.3) is 5.91 Å². The number of nitrogens with zero attached hydrogens (tertiary/aromatic N) is 2. The highest BCUT2D eigenvalue weighted by atomic mass is 16.5. The molecule has 0 saturated carbocycles. The number of fused-ring (bicyclic) bond motifs is 1. The molecule has 5 nitrogen and oxygen atoms in total. The van der Waals surface area contributed by atoms with Crippen molar-refractivity contribution in [2.75, 3.05) is 0 Å². The number of amides is 2. The molecule has 21 heavy (non-hydrogen) atoms. The number of aromatic nitrogens is 1. The van der Waals surface area contributed by atoms with Gasteiger partial charge in [-0.3, -0.25) is 14.5 Å². The Morgan fingerprint density at radius 2 is 2.05 bits per heavy atom. The van der Waals surface area contributed by atoms with Crippen LogP contribution in [0.2, 0.25) is 0 Å². The summed E-state index contributed by atoms with van der Waals surface area (Å²) in [5.41, 5.74) is 1.82. The summed E-state index contributed by atoms with van der Waals surface area (Å²) < 4.78 is 5.14. The van der Waals surface area contributed by atoms with E-state index >= 15 is 0 Å². The maximum absolute atomic E-state index is 12.6. The first kappa shape index (κ1) is 13.5. The number of hydrogen-bond donors (Lipinski definition) is 0. The van der Waals surface area contributed by atoms with Gasteiger partial charge in [0.2, 0.25) is 5.91 Å². The van der Waals surface area contributed by atoms with Gasteiger partial charge >= 0.3 is 0 Å². The number of hydrogen-bond acceptors (Lipinski definition) is 4. The van der Waals surface area contributed by atoms with Crippen LogP contribution in [0.4, 0.5) is 0 Å². The topological polar surface area (TPSA) is 63.4 Å². The van der Waals surface area contributed by atoms with E-state index in [0.29, 0.717) is 29.9 Å². The van der Waals surface area contributed by atoms with Crippen molar-refractivity contribution in [3.8, 4) is 0 Å². The molecule has 0 unspecified atom stereocenters. The minimum absolute atomic E-state index is 0.172. The summed E-state index contributed by atoms with van der Waals surface area (Å²) in [5.74, 6) is -0.0208. The normalized spacial score (nSPS) is 17.1. The van der Waals surface area contributed by atoms with E-state index in [1.54, 1.807) is 6.92 Å². The molecule has 0 spiro atoms. The standard InChI is InChI=1S/C16H16N2O3/c1-3-7-12(19)18-15(11-8-5-4-6-9-11)14-13(16(18)20)10(2)21-17-14/h4-6,8-9,15H,3,7H2,1-2H3/t15-/m0/s1. The van der Waals surface area contributed by atoms with Gasteiger partial charge in [-0.25, -0.2) is 0 Å². The Kier molecular flexibility index (Phi) is 3.33. The lowest BCUT2D eigenvalue weighted by Crippen LogP contribution is -2.35. The van der Waals surface area contributed by atoms with Crippen molar-refractivity contribution >= 4 is 11.8 Å². The average molecular weight is 284 g/mol. The van der Waals surface area contributed by atoms with Gasteiger partial charge in [0.05, 0.1) is 0 Å². The summed E-state index contributed by atoms with van der Waals surface area (Å²) in [5, 5.41) is 4.01. The molecule has 1 atom stereocenters. The maximum atomic E-state index is 12.6. The molecule has 108 valence electrons. The van der Waals surface area contributed by atoms with Crippen LogP contribution in [0.15, 0.2) is 34.9 Å². The lowest BCUT2D eigenvalue weighted by molar-refractivity contribution is -0.129. The van der Waals surface area contributed by atoms with Crippen LogP contribution in [-0.4, -0.2) is 21.9 Å². The summed E-state index contributed by atoms with van der Waals surface area (Å²) in [6, 6.07) is 8.96. The third kappa shape index (κ3) is 2.05. The van der Waals surface area contributed by atoms with Gasteiger partial charge in [0.1, 0.15) is 23.1 Å². The zero-order chi connectivity index (χ0) is 15.0. The molecule has 5 heteroatoms. The second kappa shape index (κ2) is 5.16. The number of imide groups is 1. The van der Waals surface area contributed by atoms with E-state index < -0.39 is 6.04 Å². The zero-order valence-electron chi connectivity index (χ0n) is 12.0. The molecule has 3 rings (SSSR count).